The normalized spacial score (nSPS) is 17.6. The summed E-state index contributed by atoms with van der Waals surface area (Å²) >= 11 is -1.43. The Hall–Kier alpha value is -2.95. The van der Waals surface area contributed by atoms with E-state index in [0.717, 1.165) is 22.2 Å². The number of alkyl halides is 2. The standard InChI is InChI=1S/C26H28F2N6OS/c1-16-10-11-29-24(31-16)34-22-12-17(8-9-18(22)15-30-34)20-6-5-7-21(32-20)23(19-13-26(27,28)14-19)33-36(35)25(2,3)4/h5-12,15,19,23,33H,13-14H2,1-4H3/t23-,36?/m0/s1. The minimum atomic E-state index is -2.69. The summed E-state index contributed by atoms with van der Waals surface area (Å²) in [5.74, 6) is -2.56. The Morgan fingerprint density at radius 1 is 1.14 bits per heavy atom. The predicted octanol–water partition coefficient (Wildman–Crippen LogP) is 5.32. The maximum absolute atomic E-state index is 13.8. The molecule has 0 aliphatic heterocycles. The van der Waals surface area contributed by atoms with Crippen molar-refractivity contribution in [3.05, 3.63) is 66.2 Å². The lowest BCUT2D eigenvalue weighted by molar-refractivity contribution is -0.118. The Morgan fingerprint density at radius 2 is 1.92 bits per heavy atom. The van der Waals surface area contributed by atoms with Gasteiger partial charge in [0.2, 0.25) is 5.92 Å². The molecule has 0 spiro atoms. The molecule has 10 heteroatoms. The van der Waals surface area contributed by atoms with Crippen molar-refractivity contribution in [1.29, 1.82) is 0 Å². The minimum absolute atomic E-state index is 0.250. The molecule has 5 rings (SSSR count). The van der Waals surface area contributed by atoms with E-state index in [9.17, 15) is 13.3 Å². The van der Waals surface area contributed by atoms with Crippen LogP contribution in [-0.2, 0) is 11.4 Å². The molecule has 1 aliphatic rings. The summed E-state index contributed by atoms with van der Waals surface area (Å²) in [6.45, 7) is 7.45. The third-order valence-corrected chi connectivity index (χ3v) is 7.89. The Morgan fingerprint density at radius 3 is 2.61 bits per heavy atom. The average molecular weight is 511 g/mol. The molecule has 36 heavy (non-hydrogen) atoms. The molecule has 0 bridgehead atoms. The van der Waals surface area contributed by atoms with E-state index in [-0.39, 0.29) is 18.8 Å². The first-order chi connectivity index (χ1) is 17.0. The lowest BCUT2D eigenvalue weighted by Gasteiger charge is -2.40. The lowest BCUT2D eigenvalue weighted by atomic mass is 9.75. The number of hydrogen-bond donors (Lipinski definition) is 1. The molecule has 3 heterocycles. The molecule has 7 nitrogen and oxygen atoms in total. The van der Waals surface area contributed by atoms with Crippen LogP contribution in [0.15, 0.2) is 54.9 Å². The third kappa shape index (κ3) is 4.98. The number of nitrogens with zero attached hydrogens (tertiary/aromatic N) is 5. The van der Waals surface area contributed by atoms with Crippen molar-refractivity contribution in [2.45, 2.75) is 57.2 Å². The molecule has 4 aromatic rings. The zero-order chi connectivity index (χ0) is 25.7. The summed E-state index contributed by atoms with van der Waals surface area (Å²) in [5.41, 5.74) is 3.79. The molecule has 0 amide bonds. The second-order valence-electron chi connectivity index (χ2n) is 10.3. The fraction of sp³-hybridized carbons (Fsp3) is 0.385. The van der Waals surface area contributed by atoms with Gasteiger partial charge in [-0.15, -0.1) is 4.72 Å². The summed E-state index contributed by atoms with van der Waals surface area (Å²) in [6.07, 6.45) is 2.95. The van der Waals surface area contributed by atoms with E-state index in [0.29, 0.717) is 17.3 Å². The van der Waals surface area contributed by atoms with Gasteiger partial charge in [0.05, 0.1) is 29.1 Å². The molecule has 1 saturated carbocycles. The van der Waals surface area contributed by atoms with E-state index in [1.807, 2.05) is 64.1 Å². The van der Waals surface area contributed by atoms with Crippen molar-refractivity contribution in [2.24, 2.45) is 5.92 Å². The number of halogens is 2. The molecule has 3 aromatic heterocycles. The number of fused-ring (bicyclic) bond motifs is 1. The summed E-state index contributed by atoms with van der Waals surface area (Å²) in [4.78, 5) is 13.7. The Balaban J connectivity index is 1.51. The highest BCUT2D eigenvalue weighted by molar-refractivity contribution is 7.90. The van der Waals surface area contributed by atoms with Gasteiger partial charge in [0.25, 0.3) is 5.95 Å². The molecule has 2 atom stereocenters. The van der Waals surface area contributed by atoms with Gasteiger partial charge in [-0.05, 0) is 57.9 Å². The van der Waals surface area contributed by atoms with E-state index < -0.39 is 28.1 Å². The van der Waals surface area contributed by atoms with Gasteiger partial charge in [0.1, 0.15) is 4.75 Å². The highest BCUT2D eigenvalue weighted by Crippen LogP contribution is 2.48. The molecular formula is C26H28F2N6OS. The Bertz CT molecular complexity index is 1390. The summed E-state index contributed by atoms with van der Waals surface area (Å²) in [7, 11) is 0. The van der Waals surface area contributed by atoms with Crippen molar-refractivity contribution < 1.29 is 13.3 Å². The summed E-state index contributed by atoms with van der Waals surface area (Å²) < 4.78 is 44.6. The first-order valence-corrected chi connectivity index (χ1v) is 13.0. The van der Waals surface area contributed by atoms with E-state index in [1.165, 1.54) is 0 Å². The van der Waals surface area contributed by atoms with Crippen molar-refractivity contribution in [1.82, 2.24) is 29.5 Å². The third-order valence-electron chi connectivity index (χ3n) is 6.31. The van der Waals surface area contributed by atoms with Crippen LogP contribution in [0.1, 0.15) is 51.0 Å². The number of rotatable bonds is 6. The zero-order valence-corrected chi connectivity index (χ0v) is 21.4. The quantitative estimate of drug-likeness (QED) is 0.353. The molecule has 1 aliphatic carbocycles. The first kappa shape index (κ1) is 24.7. The highest BCUT2D eigenvalue weighted by atomic mass is 32.2. The number of nitrogens with one attached hydrogen (secondary N) is 1. The fourth-order valence-corrected chi connectivity index (χ4v) is 5.19. The summed E-state index contributed by atoms with van der Waals surface area (Å²) in [5, 5.41) is 5.38. The van der Waals surface area contributed by atoms with Crippen molar-refractivity contribution >= 4 is 22.3 Å². The van der Waals surface area contributed by atoms with Gasteiger partial charge in [-0.2, -0.15) is 9.78 Å². The van der Waals surface area contributed by atoms with Crippen LogP contribution < -0.4 is 4.72 Å². The molecule has 0 radical (unpaired) electrons. The van der Waals surface area contributed by atoms with Crippen LogP contribution >= 0.6 is 0 Å². The Kier molecular flexibility index (Phi) is 6.30. The topological polar surface area (TPSA) is 91.6 Å². The van der Waals surface area contributed by atoms with Gasteiger partial charge in [0.15, 0.2) is 0 Å². The van der Waals surface area contributed by atoms with Crippen molar-refractivity contribution in [3.63, 3.8) is 0 Å². The van der Waals surface area contributed by atoms with Crippen LogP contribution in [0.4, 0.5) is 8.78 Å². The SMILES string of the molecule is Cc1ccnc(-n2ncc3ccc(-c4cccc([C@@H](N[S+]([O-])C(C)(C)C)C5CC(F)(F)C5)n4)cc32)n1. The van der Waals surface area contributed by atoms with Crippen LogP contribution in [0.2, 0.25) is 0 Å². The van der Waals surface area contributed by atoms with Crippen LogP contribution in [-0.4, -0.2) is 40.0 Å². The molecular weight excluding hydrogens is 482 g/mol. The molecule has 1 N–H and O–H groups in total. The van der Waals surface area contributed by atoms with Crippen LogP contribution in [0, 0.1) is 12.8 Å². The van der Waals surface area contributed by atoms with E-state index in [2.05, 4.69) is 19.8 Å². The molecule has 1 aromatic carbocycles. The van der Waals surface area contributed by atoms with Gasteiger partial charge < -0.3 is 4.55 Å². The number of pyridine rings is 1. The van der Waals surface area contributed by atoms with Crippen LogP contribution in [0.5, 0.6) is 0 Å². The van der Waals surface area contributed by atoms with Crippen molar-refractivity contribution in [2.75, 3.05) is 0 Å². The number of benzene rings is 1. The molecule has 188 valence electrons. The van der Waals surface area contributed by atoms with E-state index in [1.54, 1.807) is 23.1 Å². The zero-order valence-electron chi connectivity index (χ0n) is 20.6. The van der Waals surface area contributed by atoms with Gasteiger partial charge in [-0.25, -0.2) is 18.7 Å². The van der Waals surface area contributed by atoms with Gasteiger partial charge >= 0.3 is 0 Å². The molecule has 1 unspecified atom stereocenters. The highest BCUT2D eigenvalue weighted by Gasteiger charge is 2.50. The fourth-order valence-electron chi connectivity index (χ4n) is 4.29. The van der Waals surface area contributed by atoms with Crippen LogP contribution in [0.3, 0.4) is 0 Å². The predicted molar refractivity (Wildman–Crippen MR) is 136 cm³/mol. The van der Waals surface area contributed by atoms with E-state index in [4.69, 9.17) is 4.98 Å². The first-order valence-electron chi connectivity index (χ1n) is 11.8. The average Bonchev–Trinajstić information content (AvgIpc) is 3.23. The monoisotopic (exact) mass is 510 g/mol. The van der Waals surface area contributed by atoms with Gasteiger partial charge in [-0.3, -0.25) is 4.98 Å². The smallest absolute Gasteiger partial charge is 0.251 e. The van der Waals surface area contributed by atoms with Gasteiger partial charge in [0, 0.05) is 47.0 Å². The lowest BCUT2D eigenvalue weighted by Crippen LogP contribution is -2.48. The Labute approximate surface area is 211 Å². The van der Waals surface area contributed by atoms with Gasteiger partial charge in [-0.1, -0.05) is 18.2 Å². The van der Waals surface area contributed by atoms with Crippen molar-refractivity contribution in [3.8, 4) is 17.2 Å². The minimum Gasteiger partial charge on any atom is -0.598 e. The number of hydrogen-bond acceptors (Lipinski definition) is 6. The molecule has 0 saturated heterocycles. The molecule has 1 fully saturated rings. The number of aromatic nitrogens is 5. The maximum atomic E-state index is 13.8. The maximum Gasteiger partial charge on any atom is 0.251 e. The largest absolute Gasteiger partial charge is 0.598 e. The second-order valence-corrected chi connectivity index (χ2v) is 12.3. The summed E-state index contributed by atoms with van der Waals surface area (Å²) in [6, 6.07) is 12.7. The number of aryl methyl sites for hydroxylation is 1. The van der Waals surface area contributed by atoms with E-state index >= 15 is 0 Å². The van der Waals surface area contributed by atoms with Crippen LogP contribution in [0.25, 0.3) is 28.1 Å². The second kappa shape index (κ2) is 9.17.